The lowest BCUT2D eigenvalue weighted by molar-refractivity contribution is -0.0757. The second kappa shape index (κ2) is 5.35. The maximum absolute atomic E-state index is 11.8. The zero-order valence-electron chi connectivity index (χ0n) is 11.0. The van der Waals surface area contributed by atoms with Gasteiger partial charge in [0.05, 0.1) is 19.3 Å². The SMILES string of the molecule is CON(C)C(=O)c1cnc(OCC2CC2)c(C)c1. The first-order valence-electron chi connectivity index (χ1n) is 6.03. The van der Waals surface area contributed by atoms with Crippen LogP contribution in [0.2, 0.25) is 0 Å². The lowest BCUT2D eigenvalue weighted by Crippen LogP contribution is -2.25. The van der Waals surface area contributed by atoms with Crippen LogP contribution >= 0.6 is 0 Å². The van der Waals surface area contributed by atoms with E-state index in [2.05, 4.69) is 4.98 Å². The summed E-state index contributed by atoms with van der Waals surface area (Å²) in [6.07, 6.45) is 4.01. The van der Waals surface area contributed by atoms with Crippen LogP contribution in [0, 0.1) is 12.8 Å². The van der Waals surface area contributed by atoms with Gasteiger partial charge in [-0.05, 0) is 31.7 Å². The van der Waals surface area contributed by atoms with E-state index in [-0.39, 0.29) is 5.91 Å². The molecule has 5 nitrogen and oxygen atoms in total. The number of rotatable bonds is 5. The molecule has 18 heavy (non-hydrogen) atoms. The minimum absolute atomic E-state index is 0.221. The van der Waals surface area contributed by atoms with Gasteiger partial charge in [-0.2, -0.15) is 0 Å². The highest BCUT2D eigenvalue weighted by Crippen LogP contribution is 2.29. The molecular weight excluding hydrogens is 232 g/mol. The van der Waals surface area contributed by atoms with Crippen LogP contribution in [0.3, 0.4) is 0 Å². The molecule has 0 atom stereocenters. The summed E-state index contributed by atoms with van der Waals surface area (Å²) in [6, 6.07) is 1.77. The highest BCUT2D eigenvalue weighted by Gasteiger charge is 2.22. The Morgan fingerprint density at radius 1 is 1.56 bits per heavy atom. The number of ether oxygens (including phenoxy) is 1. The fourth-order valence-corrected chi connectivity index (χ4v) is 1.58. The first-order chi connectivity index (χ1) is 8.61. The monoisotopic (exact) mass is 250 g/mol. The van der Waals surface area contributed by atoms with Gasteiger partial charge in [-0.3, -0.25) is 9.63 Å². The Morgan fingerprint density at radius 3 is 2.83 bits per heavy atom. The summed E-state index contributed by atoms with van der Waals surface area (Å²) in [5.74, 6) is 1.08. The van der Waals surface area contributed by atoms with Crippen LogP contribution < -0.4 is 4.74 Å². The third kappa shape index (κ3) is 2.98. The van der Waals surface area contributed by atoms with Gasteiger partial charge in [0.15, 0.2) is 0 Å². The van der Waals surface area contributed by atoms with Crippen molar-refractivity contribution in [2.24, 2.45) is 5.92 Å². The predicted octanol–water partition coefficient (Wildman–Crippen LogP) is 1.81. The first-order valence-corrected chi connectivity index (χ1v) is 6.03. The highest BCUT2D eigenvalue weighted by atomic mass is 16.7. The van der Waals surface area contributed by atoms with Crippen LogP contribution in [0.25, 0.3) is 0 Å². The first kappa shape index (κ1) is 12.8. The molecule has 1 heterocycles. The summed E-state index contributed by atoms with van der Waals surface area (Å²) in [5, 5.41) is 1.17. The quantitative estimate of drug-likeness (QED) is 0.748. The number of nitrogens with zero attached hydrogens (tertiary/aromatic N) is 2. The molecule has 5 heteroatoms. The maximum Gasteiger partial charge on any atom is 0.278 e. The zero-order valence-corrected chi connectivity index (χ0v) is 11.0. The van der Waals surface area contributed by atoms with Crippen molar-refractivity contribution in [1.29, 1.82) is 0 Å². The Morgan fingerprint density at radius 2 is 2.28 bits per heavy atom. The fourth-order valence-electron chi connectivity index (χ4n) is 1.58. The molecule has 0 aliphatic heterocycles. The Hall–Kier alpha value is -1.62. The maximum atomic E-state index is 11.8. The van der Waals surface area contributed by atoms with E-state index >= 15 is 0 Å². The molecule has 0 radical (unpaired) electrons. The highest BCUT2D eigenvalue weighted by molar-refractivity contribution is 5.93. The number of amides is 1. The second-order valence-corrected chi connectivity index (χ2v) is 4.59. The second-order valence-electron chi connectivity index (χ2n) is 4.59. The summed E-state index contributed by atoms with van der Waals surface area (Å²) < 4.78 is 5.61. The average molecular weight is 250 g/mol. The Bertz CT molecular complexity index is 444. The molecule has 0 unspecified atom stereocenters. The summed E-state index contributed by atoms with van der Waals surface area (Å²) in [6.45, 7) is 2.61. The molecule has 0 saturated heterocycles. The third-order valence-electron chi connectivity index (χ3n) is 2.99. The minimum atomic E-state index is -0.221. The van der Waals surface area contributed by atoms with Crippen LogP contribution in [0.1, 0.15) is 28.8 Å². The summed E-state index contributed by atoms with van der Waals surface area (Å²) >= 11 is 0. The number of hydrogen-bond donors (Lipinski definition) is 0. The van der Waals surface area contributed by atoms with Crippen molar-refractivity contribution >= 4 is 5.91 Å². The number of carbonyl (C=O) groups is 1. The van der Waals surface area contributed by atoms with Gasteiger partial charge in [-0.25, -0.2) is 10.0 Å². The van der Waals surface area contributed by atoms with E-state index in [9.17, 15) is 4.79 Å². The van der Waals surface area contributed by atoms with Crippen LogP contribution in [0.4, 0.5) is 0 Å². The van der Waals surface area contributed by atoms with Crippen LogP contribution in [-0.2, 0) is 4.84 Å². The van der Waals surface area contributed by atoms with Crippen molar-refractivity contribution in [1.82, 2.24) is 10.0 Å². The predicted molar refractivity (Wildman–Crippen MR) is 66.3 cm³/mol. The number of aryl methyl sites for hydroxylation is 1. The molecular formula is C13H18N2O3. The van der Waals surface area contributed by atoms with Crippen molar-refractivity contribution in [3.8, 4) is 5.88 Å². The fraction of sp³-hybridized carbons (Fsp3) is 0.538. The van der Waals surface area contributed by atoms with Gasteiger partial charge in [0.25, 0.3) is 5.91 Å². The lowest BCUT2D eigenvalue weighted by atomic mass is 10.2. The molecule has 98 valence electrons. The zero-order chi connectivity index (χ0) is 13.1. The number of carbonyl (C=O) groups excluding carboxylic acids is 1. The smallest absolute Gasteiger partial charge is 0.278 e. The largest absolute Gasteiger partial charge is 0.477 e. The van der Waals surface area contributed by atoms with E-state index in [1.807, 2.05) is 6.92 Å². The van der Waals surface area contributed by atoms with Gasteiger partial charge in [-0.15, -0.1) is 0 Å². The number of aromatic nitrogens is 1. The summed E-state index contributed by atoms with van der Waals surface area (Å²) in [4.78, 5) is 20.9. The van der Waals surface area contributed by atoms with Gasteiger partial charge in [0.2, 0.25) is 5.88 Å². The Balaban J connectivity index is 2.05. The minimum Gasteiger partial charge on any atom is -0.477 e. The molecule has 1 aromatic heterocycles. The van der Waals surface area contributed by atoms with Crippen LogP contribution in [0.15, 0.2) is 12.3 Å². The summed E-state index contributed by atoms with van der Waals surface area (Å²) in [5.41, 5.74) is 1.36. The molecule has 1 aliphatic carbocycles. The average Bonchev–Trinajstić information content (AvgIpc) is 3.19. The number of hydroxylamine groups is 2. The van der Waals surface area contributed by atoms with E-state index in [1.54, 1.807) is 13.1 Å². The molecule has 1 aromatic rings. The molecule has 1 saturated carbocycles. The van der Waals surface area contributed by atoms with E-state index in [4.69, 9.17) is 9.57 Å². The van der Waals surface area contributed by atoms with Crippen molar-refractivity contribution in [3.63, 3.8) is 0 Å². The third-order valence-corrected chi connectivity index (χ3v) is 2.99. The van der Waals surface area contributed by atoms with Crippen LogP contribution in [0.5, 0.6) is 5.88 Å². The van der Waals surface area contributed by atoms with Crippen molar-refractivity contribution < 1.29 is 14.4 Å². The Labute approximate surface area is 107 Å². The molecule has 1 fully saturated rings. The molecule has 1 aliphatic rings. The van der Waals surface area contributed by atoms with Crippen LogP contribution in [-0.4, -0.2) is 36.7 Å². The molecule has 1 amide bonds. The molecule has 0 spiro atoms. The summed E-state index contributed by atoms with van der Waals surface area (Å²) in [7, 11) is 3.01. The molecule has 0 aromatic carbocycles. The van der Waals surface area contributed by atoms with Gasteiger partial charge < -0.3 is 4.74 Å². The van der Waals surface area contributed by atoms with Gasteiger partial charge in [-0.1, -0.05) is 0 Å². The van der Waals surface area contributed by atoms with E-state index in [0.29, 0.717) is 17.4 Å². The Kier molecular flexibility index (Phi) is 3.81. The van der Waals surface area contributed by atoms with Gasteiger partial charge in [0, 0.05) is 18.8 Å². The topological polar surface area (TPSA) is 51.7 Å². The van der Waals surface area contributed by atoms with E-state index in [0.717, 1.165) is 12.2 Å². The van der Waals surface area contributed by atoms with Crippen molar-refractivity contribution in [3.05, 3.63) is 23.4 Å². The molecule has 0 bridgehead atoms. The van der Waals surface area contributed by atoms with Crippen molar-refractivity contribution in [2.45, 2.75) is 19.8 Å². The number of hydrogen-bond acceptors (Lipinski definition) is 4. The lowest BCUT2D eigenvalue weighted by Gasteiger charge is -2.14. The van der Waals surface area contributed by atoms with Crippen molar-refractivity contribution in [2.75, 3.05) is 20.8 Å². The van der Waals surface area contributed by atoms with Gasteiger partial charge >= 0.3 is 0 Å². The molecule has 0 N–H and O–H groups in total. The number of pyridine rings is 1. The molecule has 2 rings (SSSR count). The van der Waals surface area contributed by atoms with Gasteiger partial charge in [0.1, 0.15) is 0 Å². The normalized spacial score (nSPS) is 14.4. The standard InChI is InChI=1S/C13H18N2O3/c1-9-6-11(13(16)15(2)17-3)7-14-12(9)18-8-10-4-5-10/h6-7,10H,4-5,8H2,1-3H3. The van der Waals surface area contributed by atoms with E-state index < -0.39 is 0 Å². The van der Waals surface area contributed by atoms with E-state index in [1.165, 1.54) is 31.2 Å².